The molecule has 2 heterocycles. The van der Waals surface area contributed by atoms with E-state index in [0.29, 0.717) is 24.1 Å². The van der Waals surface area contributed by atoms with Gasteiger partial charge in [0.05, 0.1) is 6.61 Å². The van der Waals surface area contributed by atoms with E-state index < -0.39 is 0 Å². The molecule has 2 aromatic carbocycles. The van der Waals surface area contributed by atoms with Crippen molar-refractivity contribution in [1.82, 2.24) is 9.80 Å². The summed E-state index contributed by atoms with van der Waals surface area (Å²) in [6, 6.07) is 21.9. The third-order valence-corrected chi connectivity index (χ3v) is 6.64. The van der Waals surface area contributed by atoms with Gasteiger partial charge in [-0.25, -0.2) is 0 Å². The maximum Gasteiger partial charge on any atom is 0.248 e. The quantitative estimate of drug-likeness (QED) is 0.736. The number of hydrogen-bond acceptors (Lipinski definition) is 3. The lowest BCUT2D eigenvalue weighted by Gasteiger charge is -2.62. The standard InChI is InChI=1S/C25H32N2O2/c1-20(2)27-19-25(24(27)22-11-7-4-8-12-22)13-15-26(16-14-25)23(28)18-29-17-21-9-5-3-6-10-21/h3-12,20,24H,13-19H2,1-2H3. The molecule has 4 nitrogen and oxygen atoms in total. The number of benzene rings is 2. The number of likely N-dealkylation sites (tertiary alicyclic amines) is 2. The van der Waals surface area contributed by atoms with Crippen LogP contribution in [-0.2, 0) is 16.1 Å². The molecule has 2 fully saturated rings. The van der Waals surface area contributed by atoms with E-state index in [1.807, 2.05) is 35.2 Å². The van der Waals surface area contributed by atoms with Crippen LogP contribution in [-0.4, -0.2) is 48.0 Å². The van der Waals surface area contributed by atoms with E-state index in [1.165, 1.54) is 5.56 Å². The van der Waals surface area contributed by atoms with Crippen molar-refractivity contribution in [2.24, 2.45) is 5.41 Å². The highest BCUT2D eigenvalue weighted by Gasteiger charge is 2.54. The lowest BCUT2D eigenvalue weighted by molar-refractivity contribution is -0.151. The zero-order valence-corrected chi connectivity index (χ0v) is 17.6. The zero-order valence-electron chi connectivity index (χ0n) is 17.6. The van der Waals surface area contributed by atoms with Crippen LogP contribution in [0, 0.1) is 5.41 Å². The maximum atomic E-state index is 12.6. The first-order valence-corrected chi connectivity index (χ1v) is 10.8. The molecule has 0 aliphatic carbocycles. The summed E-state index contributed by atoms with van der Waals surface area (Å²) in [6.07, 6.45) is 2.14. The Hall–Kier alpha value is -2.17. The second kappa shape index (κ2) is 8.68. The normalized spacial score (nSPS) is 21.3. The first kappa shape index (κ1) is 20.1. The molecule has 2 aromatic rings. The number of ether oxygens (including phenoxy) is 1. The van der Waals surface area contributed by atoms with Gasteiger partial charge in [-0.2, -0.15) is 0 Å². The van der Waals surface area contributed by atoms with Gasteiger partial charge in [-0.3, -0.25) is 9.69 Å². The van der Waals surface area contributed by atoms with Crippen molar-refractivity contribution >= 4 is 5.91 Å². The Morgan fingerprint density at radius 3 is 2.28 bits per heavy atom. The Bertz CT molecular complexity index is 798. The summed E-state index contributed by atoms with van der Waals surface area (Å²) < 4.78 is 5.67. The van der Waals surface area contributed by atoms with Crippen LogP contribution < -0.4 is 0 Å². The van der Waals surface area contributed by atoms with Crippen molar-refractivity contribution < 1.29 is 9.53 Å². The van der Waals surface area contributed by atoms with E-state index in [4.69, 9.17) is 4.74 Å². The molecule has 4 rings (SSSR count). The Morgan fingerprint density at radius 2 is 1.66 bits per heavy atom. The molecule has 1 atom stereocenters. The van der Waals surface area contributed by atoms with E-state index in [0.717, 1.165) is 38.0 Å². The highest BCUT2D eigenvalue weighted by molar-refractivity contribution is 5.77. The first-order valence-electron chi connectivity index (χ1n) is 10.8. The van der Waals surface area contributed by atoms with E-state index in [2.05, 4.69) is 49.1 Å². The summed E-state index contributed by atoms with van der Waals surface area (Å²) in [5.41, 5.74) is 2.82. The molecule has 29 heavy (non-hydrogen) atoms. The molecule has 1 amide bonds. The molecule has 0 aromatic heterocycles. The van der Waals surface area contributed by atoms with Crippen LogP contribution in [0.25, 0.3) is 0 Å². The van der Waals surface area contributed by atoms with Crippen molar-refractivity contribution in [3.05, 3.63) is 71.8 Å². The molecule has 0 N–H and O–H groups in total. The number of carbonyl (C=O) groups excluding carboxylic acids is 1. The van der Waals surface area contributed by atoms with Gasteiger partial charge in [0, 0.05) is 37.1 Å². The van der Waals surface area contributed by atoms with Crippen LogP contribution in [0.15, 0.2) is 60.7 Å². The van der Waals surface area contributed by atoms with Gasteiger partial charge < -0.3 is 9.64 Å². The van der Waals surface area contributed by atoms with Gasteiger partial charge in [0.15, 0.2) is 0 Å². The zero-order chi connectivity index (χ0) is 20.3. The summed E-state index contributed by atoms with van der Waals surface area (Å²) in [7, 11) is 0. The van der Waals surface area contributed by atoms with Gasteiger partial charge in [0.1, 0.15) is 6.61 Å². The van der Waals surface area contributed by atoms with Crippen molar-refractivity contribution in [2.75, 3.05) is 26.2 Å². The number of piperidine rings is 1. The third kappa shape index (κ3) is 4.24. The van der Waals surface area contributed by atoms with Gasteiger partial charge in [0.2, 0.25) is 5.91 Å². The van der Waals surface area contributed by atoms with Gasteiger partial charge in [-0.1, -0.05) is 60.7 Å². The number of carbonyl (C=O) groups is 1. The van der Waals surface area contributed by atoms with Gasteiger partial charge in [-0.15, -0.1) is 0 Å². The van der Waals surface area contributed by atoms with Crippen molar-refractivity contribution in [3.63, 3.8) is 0 Å². The predicted octanol–water partition coefficient (Wildman–Crippen LogP) is 4.28. The Morgan fingerprint density at radius 1 is 1.03 bits per heavy atom. The minimum atomic E-state index is 0.118. The third-order valence-electron chi connectivity index (χ3n) is 6.64. The van der Waals surface area contributed by atoms with Crippen LogP contribution in [0.1, 0.15) is 43.9 Å². The molecule has 4 heteroatoms. The van der Waals surface area contributed by atoms with Crippen molar-refractivity contribution in [1.29, 1.82) is 0 Å². The van der Waals surface area contributed by atoms with Crippen LogP contribution in [0.4, 0.5) is 0 Å². The Kier molecular flexibility index (Phi) is 6.02. The lowest BCUT2D eigenvalue weighted by Crippen LogP contribution is -2.64. The summed E-state index contributed by atoms with van der Waals surface area (Å²) in [5.74, 6) is 0.118. The minimum absolute atomic E-state index is 0.118. The van der Waals surface area contributed by atoms with E-state index >= 15 is 0 Å². The summed E-state index contributed by atoms with van der Waals surface area (Å²) >= 11 is 0. The molecular weight excluding hydrogens is 360 g/mol. The summed E-state index contributed by atoms with van der Waals surface area (Å²) in [6.45, 7) is 8.03. The fourth-order valence-electron chi connectivity index (χ4n) is 5.00. The molecule has 1 unspecified atom stereocenters. The summed E-state index contributed by atoms with van der Waals surface area (Å²) in [4.78, 5) is 17.2. The van der Waals surface area contributed by atoms with Gasteiger partial charge in [0.25, 0.3) is 0 Å². The molecule has 0 radical (unpaired) electrons. The maximum absolute atomic E-state index is 12.6. The van der Waals surface area contributed by atoms with Crippen LogP contribution >= 0.6 is 0 Å². The summed E-state index contributed by atoms with van der Waals surface area (Å²) in [5, 5.41) is 0. The number of rotatable bonds is 6. The highest BCUT2D eigenvalue weighted by Crippen LogP contribution is 2.55. The lowest BCUT2D eigenvalue weighted by atomic mass is 9.62. The smallest absolute Gasteiger partial charge is 0.248 e. The van der Waals surface area contributed by atoms with E-state index in [-0.39, 0.29) is 12.5 Å². The van der Waals surface area contributed by atoms with Crippen LogP contribution in [0.2, 0.25) is 0 Å². The van der Waals surface area contributed by atoms with Crippen LogP contribution in [0.3, 0.4) is 0 Å². The van der Waals surface area contributed by atoms with Gasteiger partial charge >= 0.3 is 0 Å². The Balaban J connectivity index is 1.33. The average Bonchev–Trinajstić information content (AvgIpc) is 2.73. The molecule has 0 bridgehead atoms. The predicted molar refractivity (Wildman–Crippen MR) is 115 cm³/mol. The van der Waals surface area contributed by atoms with Crippen LogP contribution in [0.5, 0.6) is 0 Å². The van der Waals surface area contributed by atoms with E-state index in [9.17, 15) is 4.79 Å². The fraction of sp³-hybridized carbons (Fsp3) is 0.480. The number of nitrogens with zero attached hydrogens (tertiary/aromatic N) is 2. The molecule has 0 saturated carbocycles. The molecular formula is C25H32N2O2. The molecule has 2 aliphatic rings. The fourth-order valence-corrected chi connectivity index (χ4v) is 5.00. The average molecular weight is 393 g/mol. The monoisotopic (exact) mass is 392 g/mol. The topological polar surface area (TPSA) is 32.8 Å². The molecule has 2 saturated heterocycles. The second-order valence-electron chi connectivity index (χ2n) is 8.80. The van der Waals surface area contributed by atoms with E-state index in [1.54, 1.807) is 0 Å². The second-order valence-corrected chi connectivity index (χ2v) is 8.80. The first-order chi connectivity index (χ1) is 14.1. The SMILES string of the molecule is CC(C)N1CC2(CCN(C(=O)COCc3ccccc3)CC2)C1c1ccccc1. The van der Waals surface area contributed by atoms with Gasteiger partial charge in [-0.05, 0) is 37.8 Å². The largest absolute Gasteiger partial charge is 0.367 e. The molecule has 154 valence electrons. The minimum Gasteiger partial charge on any atom is -0.367 e. The number of hydrogen-bond donors (Lipinski definition) is 0. The Labute approximate surface area is 174 Å². The number of amides is 1. The molecule has 1 spiro atoms. The van der Waals surface area contributed by atoms with Crippen molar-refractivity contribution in [3.8, 4) is 0 Å². The molecule has 2 aliphatic heterocycles. The van der Waals surface area contributed by atoms with Crippen molar-refractivity contribution in [2.45, 2.75) is 45.4 Å². The highest BCUT2D eigenvalue weighted by atomic mass is 16.5.